The van der Waals surface area contributed by atoms with Crippen molar-refractivity contribution in [2.75, 3.05) is 6.54 Å². The minimum Gasteiger partial charge on any atom is -0.334 e. The van der Waals surface area contributed by atoms with Crippen LogP contribution >= 0.6 is 11.6 Å². The van der Waals surface area contributed by atoms with E-state index in [2.05, 4.69) is 4.98 Å². The van der Waals surface area contributed by atoms with E-state index in [-0.39, 0.29) is 18.0 Å². The minimum atomic E-state index is -0.277. The Bertz CT molecular complexity index is 903. The summed E-state index contributed by atoms with van der Waals surface area (Å²) in [5.74, 6) is 0.139. The van der Waals surface area contributed by atoms with Crippen LogP contribution in [0.3, 0.4) is 0 Å². The number of aromatic nitrogens is 2. The largest absolute Gasteiger partial charge is 0.334 e. The number of para-hydroxylation sites is 2. The van der Waals surface area contributed by atoms with Crippen LogP contribution < -0.4 is 0 Å². The third kappa shape index (κ3) is 2.91. The monoisotopic (exact) mass is 353 g/mol. The SMILES string of the molecule is CC(C(=O)N1CCCC1c1ccc(Cl)cc1)n1cnc2ccccc21. The second kappa shape index (κ2) is 6.52. The molecule has 0 bridgehead atoms. The van der Waals surface area contributed by atoms with Crippen LogP contribution in [0.5, 0.6) is 0 Å². The summed E-state index contributed by atoms with van der Waals surface area (Å²) in [6.45, 7) is 2.75. The maximum Gasteiger partial charge on any atom is 0.245 e. The van der Waals surface area contributed by atoms with Gasteiger partial charge in [0.05, 0.1) is 23.4 Å². The Kier molecular flexibility index (Phi) is 4.22. The van der Waals surface area contributed by atoms with Crippen molar-refractivity contribution in [2.45, 2.75) is 31.8 Å². The quantitative estimate of drug-likeness (QED) is 0.689. The van der Waals surface area contributed by atoms with Crippen molar-refractivity contribution in [1.82, 2.24) is 14.5 Å². The zero-order valence-corrected chi connectivity index (χ0v) is 14.9. The summed E-state index contributed by atoms with van der Waals surface area (Å²) in [5.41, 5.74) is 3.06. The van der Waals surface area contributed by atoms with Crippen molar-refractivity contribution >= 4 is 28.5 Å². The van der Waals surface area contributed by atoms with E-state index in [1.54, 1.807) is 6.33 Å². The van der Waals surface area contributed by atoms with Crippen LogP contribution in [0.2, 0.25) is 5.02 Å². The summed E-state index contributed by atoms with van der Waals surface area (Å²) in [5, 5.41) is 0.720. The lowest BCUT2D eigenvalue weighted by molar-refractivity contribution is -0.135. The van der Waals surface area contributed by atoms with Crippen molar-refractivity contribution in [3.63, 3.8) is 0 Å². The Morgan fingerprint density at radius 2 is 1.96 bits per heavy atom. The van der Waals surface area contributed by atoms with Gasteiger partial charge in [0.15, 0.2) is 0 Å². The Labute approximate surface area is 152 Å². The number of likely N-dealkylation sites (tertiary alicyclic amines) is 1. The van der Waals surface area contributed by atoms with Crippen molar-refractivity contribution in [1.29, 1.82) is 0 Å². The molecule has 0 N–H and O–H groups in total. The molecule has 1 aliphatic heterocycles. The highest BCUT2D eigenvalue weighted by Crippen LogP contribution is 2.34. The molecule has 2 unspecified atom stereocenters. The molecule has 1 fully saturated rings. The lowest BCUT2D eigenvalue weighted by Gasteiger charge is -2.28. The van der Waals surface area contributed by atoms with Crippen LogP contribution in [0, 0.1) is 0 Å². The van der Waals surface area contributed by atoms with Crippen molar-refractivity contribution in [2.24, 2.45) is 0 Å². The number of hydrogen-bond donors (Lipinski definition) is 0. The van der Waals surface area contributed by atoms with E-state index in [1.807, 2.05) is 64.9 Å². The predicted octanol–water partition coefficient (Wildman–Crippen LogP) is 4.61. The van der Waals surface area contributed by atoms with E-state index >= 15 is 0 Å². The summed E-state index contributed by atoms with van der Waals surface area (Å²) >= 11 is 6.00. The maximum absolute atomic E-state index is 13.2. The lowest BCUT2D eigenvalue weighted by Crippen LogP contribution is -2.35. The lowest BCUT2D eigenvalue weighted by atomic mass is 10.0. The van der Waals surface area contributed by atoms with Crippen LogP contribution in [0.15, 0.2) is 54.9 Å². The molecule has 0 saturated carbocycles. The molecule has 1 saturated heterocycles. The zero-order chi connectivity index (χ0) is 17.4. The first kappa shape index (κ1) is 16.2. The number of nitrogens with zero attached hydrogens (tertiary/aromatic N) is 3. The molecule has 4 rings (SSSR count). The number of amides is 1. The number of halogens is 1. The van der Waals surface area contributed by atoms with Gasteiger partial charge in [-0.05, 0) is 49.6 Å². The van der Waals surface area contributed by atoms with Crippen molar-refractivity contribution in [3.05, 3.63) is 65.4 Å². The number of carbonyl (C=O) groups excluding carboxylic acids is 1. The molecule has 3 aromatic rings. The third-order valence-corrected chi connectivity index (χ3v) is 5.30. The van der Waals surface area contributed by atoms with Gasteiger partial charge in [-0.1, -0.05) is 35.9 Å². The topological polar surface area (TPSA) is 38.1 Å². The highest BCUT2D eigenvalue weighted by atomic mass is 35.5. The molecule has 0 radical (unpaired) electrons. The first-order chi connectivity index (χ1) is 12.1. The van der Waals surface area contributed by atoms with Gasteiger partial charge in [-0.25, -0.2) is 4.98 Å². The summed E-state index contributed by atoms with van der Waals surface area (Å²) < 4.78 is 1.97. The number of hydrogen-bond acceptors (Lipinski definition) is 2. The average molecular weight is 354 g/mol. The molecule has 25 heavy (non-hydrogen) atoms. The van der Waals surface area contributed by atoms with Gasteiger partial charge < -0.3 is 9.47 Å². The molecule has 2 heterocycles. The average Bonchev–Trinajstić information content (AvgIpc) is 3.28. The van der Waals surface area contributed by atoms with E-state index in [0.29, 0.717) is 0 Å². The maximum atomic E-state index is 13.2. The molecule has 1 amide bonds. The van der Waals surface area contributed by atoms with Crippen molar-refractivity contribution < 1.29 is 4.79 Å². The molecular formula is C20H20ClN3O. The molecule has 5 heteroatoms. The Hall–Kier alpha value is -2.33. The molecule has 1 aliphatic rings. The Morgan fingerprint density at radius 1 is 1.20 bits per heavy atom. The van der Waals surface area contributed by atoms with Gasteiger partial charge in [0.25, 0.3) is 0 Å². The van der Waals surface area contributed by atoms with Crippen LogP contribution in [0.1, 0.15) is 37.4 Å². The molecular weight excluding hydrogens is 334 g/mol. The van der Waals surface area contributed by atoms with E-state index in [9.17, 15) is 4.79 Å². The minimum absolute atomic E-state index is 0.127. The molecule has 0 aliphatic carbocycles. The number of imidazole rings is 1. The van der Waals surface area contributed by atoms with Gasteiger partial charge in [0.2, 0.25) is 5.91 Å². The fraction of sp³-hybridized carbons (Fsp3) is 0.300. The molecule has 0 spiro atoms. The second-order valence-corrected chi connectivity index (χ2v) is 6.99. The molecule has 4 nitrogen and oxygen atoms in total. The first-order valence-electron chi connectivity index (χ1n) is 8.62. The van der Waals surface area contributed by atoms with E-state index < -0.39 is 0 Å². The molecule has 128 valence electrons. The highest BCUT2D eigenvalue weighted by molar-refractivity contribution is 6.30. The van der Waals surface area contributed by atoms with Gasteiger partial charge in [-0.3, -0.25) is 4.79 Å². The molecule has 2 atom stereocenters. The third-order valence-electron chi connectivity index (χ3n) is 5.05. The zero-order valence-electron chi connectivity index (χ0n) is 14.1. The number of fused-ring (bicyclic) bond motifs is 1. The summed E-state index contributed by atoms with van der Waals surface area (Å²) in [4.78, 5) is 19.6. The van der Waals surface area contributed by atoms with Gasteiger partial charge in [-0.2, -0.15) is 0 Å². The summed E-state index contributed by atoms with van der Waals surface area (Å²) in [6, 6.07) is 15.6. The molecule has 2 aromatic carbocycles. The summed E-state index contributed by atoms with van der Waals surface area (Å²) in [7, 11) is 0. The van der Waals surface area contributed by atoms with Gasteiger partial charge in [-0.15, -0.1) is 0 Å². The second-order valence-electron chi connectivity index (χ2n) is 6.56. The van der Waals surface area contributed by atoms with Gasteiger partial charge in [0.1, 0.15) is 6.04 Å². The Morgan fingerprint density at radius 3 is 2.76 bits per heavy atom. The van der Waals surface area contributed by atoms with Crippen LogP contribution in [0.4, 0.5) is 0 Å². The smallest absolute Gasteiger partial charge is 0.245 e. The van der Waals surface area contributed by atoms with E-state index in [0.717, 1.165) is 41.0 Å². The van der Waals surface area contributed by atoms with Crippen LogP contribution in [-0.2, 0) is 4.79 Å². The fourth-order valence-corrected chi connectivity index (χ4v) is 3.83. The predicted molar refractivity (Wildman–Crippen MR) is 99.6 cm³/mol. The van der Waals surface area contributed by atoms with Gasteiger partial charge in [0, 0.05) is 11.6 Å². The van der Waals surface area contributed by atoms with E-state index in [4.69, 9.17) is 11.6 Å². The number of rotatable bonds is 3. The van der Waals surface area contributed by atoms with Crippen LogP contribution in [-0.4, -0.2) is 26.9 Å². The summed E-state index contributed by atoms with van der Waals surface area (Å²) in [6.07, 6.45) is 3.78. The number of benzene rings is 2. The van der Waals surface area contributed by atoms with Crippen molar-refractivity contribution in [3.8, 4) is 0 Å². The normalized spacial score (nSPS) is 18.6. The number of carbonyl (C=O) groups is 1. The highest BCUT2D eigenvalue weighted by Gasteiger charge is 2.33. The first-order valence-corrected chi connectivity index (χ1v) is 9.00. The Balaban J connectivity index is 1.61. The molecule has 1 aromatic heterocycles. The van der Waals surface area contributed by atoms with Crippen LogP contribution in [0.25, 0.3) is 11.0 Å². The van der Waals surface area contributed by atoms with E-state index in [1.165, 1.54) is 0 Å². The standard InChI is InChI=1S/C20H20ClN3O/c1-14(24-13-22-17-5-2-3-6-19(17)24)20(25)23-12-4-7-18(23)15-8-10-16(21)11-9-15/h2-3,5-6,8-11,13-14,18H,4,7,12H2,1H3. The van der Waals surface area contributed by atoms with Gasteiger partial charge >= 0.3 is 0 Å². The fourth-order valence-electron chi connectivity index (χ4n) is 3.71.